The maximum absolute atomic E-state index is 13.5. The van der Waals surface area contributed by atoms with Gasteiger partial charge in [0, 0.05) is 49.3 Å². The molecule has 0 amide bonds. The predicted molar refractivity (Wildman–Crippen MR) is 84.2 cm³/mol. The molecule has 1 heterocycles. The fourth-order valence-electron chi connectivity index (χ4n) is 2.81. The van der Waals surface area contributed by atoms with Crippen molar-refractivity contribution in [1.82, 2.24) is 9.80 Å². The largest absolute Gasteiger partial charge is 0.329 e. The van der Waals surface area contributed by atoms with Gasteiger partial charge in [0.2, 0.25) is 0 Å². The Morgan fingerprint density at radius 3 is 2.35 bits per heavy atom. The van der Waals surface area contributed by atoms with Crippen LogP contribution in [0.3, 0.4) is 0 Å². The van der Waals surface area contributed by atoms with Crippen molar-refractivity contribution < 1.29 is 4.39 Å². The number of hydrogen-bond donors (Lipinski definition) is 1. The second-order valence-electron chi connectivity index (χ2n) is 5.58. The first-order valence-corrected chi connectivity index (χ1v) is 7.95. The molecule has 1 aromatic carbocycles. The summed E-state index contributed by atoms with van der Waals surface area (Å²) in [6.45, 7) is 8.98. The van der Waals surface area contributed by atoms with Crippen LogP contribution < -0.4 is 5.73 Å². The zero-order valence-electron chi connectivity index (χ0n) is 12.1. The Labute approximate surface area is 129 Å². The molecule has 20 heavy (non-hydrogen) atoms. The first-order valence-electron chi connectivity index (χ1n) is 7.16. The van der Waals surface area contributed by atoms with Crippen LogP contribution in [0.15, 0.2) is 22.7 Å². The Morgan fingerprint density at radius 2 is 1.80 bits per heavy atom. The fraction of sp³-hybridized carbons (Fsp3) is 0.600. The summed E-state index contributed by atoms with van der Waals surface area (Å²) in [5.41, 5.74) is 6.90. The second kappa shape index (κ2) is 6.98. The minimum Gasteiger partial charge on any atom is -0.329 e. The number of piperazine rings is 1. The summed E-state index contributed by atoms with van der Waals surface area (Å²) < 4.78 is 14.4. The minimum absolute atomic E-state index is 0.0781. The molecular formula is C15H23BrFN3. The van der Waals surface area contributed by atoms with Gasteiger partial charge >= 0.3 is 0 Å². The summed E-state index contributed by atoms with van der Waals surface area (Å²) in [4.78, 5) is 4.82. The van der Waals surface area contributed by atoms with Crippen LogP contribution in [-0.4, -0.2) is 48.6 Å². The van der Waals surface area contributed by atoms with E-state index in [-0.39, 0.29) is 11.9 Å². The van der Waals surface area contributed by atoms with Gasteiger partial charge in [0.05, 0.1) is 0 Å². The molecule has 0 bridgehead atoms. The molecule has 0 radical (unpaired) electrons. The molecule has 1 aliphatic heterocycles. The number of rotatable bonds is 4. The molecule has 0 aromatic heterocycles. The third-order valence-corrected chi connectivity index (χ3v) is 4.78. The molecule has 1 saturated heterocycles. The highest BCUT2D eigenvalue weighted by atomic mass is 79.9. The molecule has 3 nitrogen and oxygen atoms in total. The number of nitrogens with two attached hydrogens (primary N) is 1. The molecule has 0 saturated carbocycles. The molecule has 112 valence electrons. The lowest BCUT2D eigenvalue weighted by Gasteiger charge is -2.40. The van der Waals surface area contributed by atoms with Crippen LogP contribution in [0.1, 0.15) is 25.5 Å². The quantitative estimate of drug-likeness (QED) is 0.911. The van der Waals surface area contributed by atoms with Gasteiger partial charge in [-0.2, -0.15) is 0 Å². The van der Waals surface area contributed by atoms with Crippen LogP contribution in [0.4, 0.5) is 4.39 Å². The first kappa shape index (κ1) is 15.9. The predicted octanol–water partition coefficient (Wildman–Crippen LogP) is 2.61. The molecule has 5 heteroatoms. The van der Waals surface area contributed by atoms with Crippen LogP contribution in [0.5, 0.6) is 0 Å². The molecule has 1 atom stereocenters. The standard InChI is InChI=1S/C15H23BrFN3/c1-11(2)19-5-7-20(8-6-19)15(10-18)13-9-12(17)3-4-14(13)16/h3-4,9,11,15H,5-8,10,18H2,1-2H3. The lowest BCUT2D eigenvalue weighted by Crippen LogP contribution is -2.50. The molecule has 1 unspecified atom stereocenters. The summed E-state index contributed by atoms with van der Waals surface area (Å²) >= 11 is 3.51. The SMILES string of the molecule is CC(C)N1CCN(C(CN)c2cc(F)ccc2Br)CC1. The van der Waals surface area contributed by atoms with Gasteiger partial charge in [0.1, 0.15) is 5.82 Å². The van der Waals surface area contributed by atoms with E-state index >= 15 is 0 Å². The maximum Gasteiger partial charge on any atom is 0.123 e. The van der Waals surface area contributed by atoms with E-state index in [0.29, 0.717) is 12.6 Å². The highest BCUT2D eigenvalue weighted by molar-refractivity contribution is 9.10. The van der Waals surface area contributed by atoms with E-state index in [4.69, 9.17) is 5.73 Å². The van der Waals surface area contributed by atoms with E-state index in [9.17, 15) is 4.39 Å². The Hall–Kier alpha value is -0.490. The monoisotopic (exact) mass is 343 g/mol. The van der Waals surface area contributed by atoms with Gasteiger partial charge < -0.3 is 5.73 Å². The molecule has 0 spiro atoms. The van der Waals surface area contributed by atoms with Crippen molar-refractivity contribution in [3.05, 3.63) is 34.1 Å². The van der Waals surface area contributed by atoms with Crippen LogP contribution >= 0.6 is 15.9 Å². The van der Waals surface area contributed by atoms with E-state index in [2.05, 4.69) is 39.6 Å². The summed E-state index contributed by atoms with van der Waals surface area (Å²) in [6, 6.07) is 5.48. The number of nitrogens with zero attached hydrogens (tertiary/aromatic N) is 2. The average molecular weight is 344 g/mol. The van der Waals surface area contributed by atoms with Crippen molar-refractivity contribution in [2.24, 2.45) is 5.73 Å². The topological polar surface area (TPSA) is 32.5 Å². The van der Waals surface area contributed by atoms with Crippen molar-refractivity contribution in [2.75, 3.05) is 32.7 Å². The van der Waals surface area contributed by atoms with Gasteiger partial charge in [0.25, 0.3) is 0 Å². The molecule has 1 fully saturated rings. The van der Waals surface area contributed by atoms with E-state index < -0.39 is 0 Å². The van der Waals surface area contributed by atoms with Crippen molar-refractivity contribution >= 4 is 15.9 Å². The van der Waals surface area contributed by atoms with E-state index in [1.165, 1.54) is 6.07 Å². The third-order valence-electron chi connectivity index (χ3n) is 4.06. The lowest BCUT2D eigenvalue weighted by molar-refractivity contribution is 0.0799. The number of halogens is 2. The van der Waals surface area contributed by atoms with Gasteiger partial charge in [0.15, 0.2) is 0 Å². The van der Waals surface area contributed by atoms with Crippen LogP contribution in [0.2, 0.25) is 0 Å². The van der Waals surface area contributed by atoms with Crippen molar-refractivity contribution in [3.63, 3.8) is 0 Å². The highest BCUT2D eigenvalue weighted by Gasteiger charge is 2.26. The van der Waals surface area contributed by atoms with E-state index in [1.807, 2.05) is 0 Å². The highest BCUT2D eigenvalue weighted by Crippen LogP contribution is 2.29. The number of benzene rings is 1. The lowest BCUT2D eigenvalue weighted by atomic mass is 10.0. The Balaban J connectivity index is 2.11. The van der Waals surface area contributed by atoms with Crippen LogP contribution in [0, 0.1) is 5.82 Å². The molecule has 0 aliphatic carbocycles. The van der Waals surface area contributed by atoms with Crippen molar-refractivity contribution in [3.8, 4) is 0 Å². The smallest absolute Gasteiger partial charge is 0.123 e. The van der Waals surface area contributed by atoms with Gasteiger partial charge in [-0.05, 0) is 37.6 Å². The fourth-order valence-corrected chi connectivity index (χ4v) is 3.32. The van der Waals surface area contributed by atoms with E-state index in [0.717, 1.165) is 36.2 Å². The van der Waals surface area contributed by atoms with Crippen molar-refractivity contribution in [2.45, 2.75) is 25.9 Å². The maximum atomic E-state index is 13.5. The van der Waals surface area contributed by atoms with Crippen molar-refractivity contribution in [1.29, 1.82) is 0 Å². The zero-order chi connectivity index (χ0) is 14.7. The number of hydrogen-bond acceptors (Lipinski definition) is 3. The molecule has 2 rings (SSSR count). The van der Waals surface area contributed by atoms with E-state index in [1.54, 1.807) is 12.1 Å². The third kappa shape index (κ3) is 3.58. The summed E-state index contributed by atoms with van der Waals surface area (Å²) in [5, 5.41) is 0. The van der Waals surface area contributed by atoms with Crippen LogP contribution in [0.25, 0.3) is 0 Å². The van der Waals surface area contributed by atoms with Crippen LogP contribution in [-0.2, 0) is 0 Å². The first-order chi connectivity index (χ1) is 9.52. The normalized spacial score (nSPS) is 19.5. The molecule has 2 N–H and O–H groups in total. The summed E-state index contributed by atoms with van der Waals surface area (Å²) in [7, 11) is 0. The summed E-state index contributed by atoms with van der Waals surface area (Å²) in [6.07, 6.45) is 0. The van der Waals surface area contributed by atoms with Gasteiger partial charge in [-0.25, -0.2) is 4.39 Å². The Kier molecular flexibility index (Phi) is 5.55. The molecular weight excluding hydrogens is 321 g/mol. The zero-order valence-corrected chi connectivity index (χ0v) is 13.7. The van der Waals surface area contributed by atoms with Gasteiger partial charge in [-0.1, -0.05) is 15.9 Å². The van der Waals surface area contributed by atoms with Gasteiger partial charge in [-0.3, -0.25) is 9.80 Å². The minimum atomic E-state index is -0.206. The Morgan fingerprint density at radius 1 is 1.20 bits per heavy atom. The Bertz CT molecular complexity index is 445. The molecule has 1 aliphatic rings. The molecule has 1 aromatic rings. The summed E-state index contributed by atoms with van der Waals surface area (Å²) in [5.74, 6) is -0.206. The second-order valence-corrected chi connectivity index (χ2v) is 6.44. The van der Waals surface area contributed by atoms with Gasteiger partial charge in [-0.15, -0.1) is 0 Å². The average Bonchev–Trinajstić information content (AvgIpc) is 2.44.